The molecule has 0 aromatic heterocycles. The lowest BCUT2D eigenvalue weighted by atomic mass is 10.1. The molecule has 0 fully saturated rings. The smallest absolute Gasteiger partial charge is 0.321 e. The second kappa shape index (κ2) is 11.6. The number of ether oxygens (including phenoxy) is 1. The molecule has 34 heavy (non-hydrogen) atoms. The highest BCUT2D eigenvalue weighted by atomic mass is 79.9. The van der Waals surface area contributed by atoms with Gasteiger partial charge in [-0.15, -0.1) is 0 Å². The molecule has 5 nitrogen and oxygen atoms in total. The van der Waals surface area contributed by atoms with Crippen LogP contribution in [-0.2, 0) is 32.6 Å². The molecule has 0 N–H and O–H groups in total. The number of aryl methyl sites for hydroxylation is 3. The van der Waals surface area contributed by atoms with E-state index in [1.807, 2.05) is 67.6 Å². The molecule has 0 saturated carbocycles. The molecule has 0 aliphatic carbocycles. The molecule has 0 bridgehead atoms. The molecule has 0 unspecified atom stereocenters. The number of halogens is 2. The summed E-state index contributed by atoms with van der Waals surface area (Å²) in [5, 5.41) is 0. The van der Waals surface area contributed by atoms with Crippen molar-refractivity contribution in [3.63, 3.8) is 0 Å². The molecule has 0 aliphatic heterocycles. The van der Waals surface area contributed by atoms with Gasteiger partial charge in [-0.05, 0) is 56.0 Å². The Kier molecular flexibility index (Phi) is 9.09. The van der Waals surface area contributed by atoms with Crippen LogP contribution in [0.15, 0.2) is 74.5 Å². The van der Waals surface area contributed by atoms with Crippen molar-refractivity contribution in [1.82, 2.24) is 4.31 Å². The van der Waals surface area contributed by atoms with Crippen molar-refractivity contribution in [1.29, 1.82) is 0 Å². The Morgan fingerprint density at radius 1 is 0.912 bits per heavy atom. The summed E-state index contributed by atoms with van der Waals surface area (Å²) in [5.74, 6) is -0.610. The molecule has 180 valence electrons. The van der Waals surface area contributed by atoms with Crippen LogP contribution < -0.4 is 0 Å². The summed E-state index contributed by atoms with van der Waals surface area (Å²) in [6.45, 7) is 5.31. The molecule has 3 rings (SSSR count). The minimum Gasteiger partial charge on any atom is -0.460 e. The van der Waals surface area contributed by atoms with E-state index in [0.29, 0.717) is 17.5 Å². The Bertz CT molecular complexity index is 1230. The summed E-state index contributed by atoms with van der Waals surface area (Å²) in [5.41, 5.74) is 4.08. The maximum absolute atomic E-state index is 13.7. The van der Waals surface area contributed by atoms with Crippen LogP contribution in [-0.4, -0.2) is 31.8 Å². The molecule has 8 heteroatoms. The Morgan fingerprint density at radius 2 is 1.50 bits per heavy atom. The maximum Gasteiger partial charge on any atom is 0.321 e. The van der Waals surface area contributed by atoms with Gasteiger partial charge in [0.2, 0.25) is 10.0 Å². The van der Waals surface area contributed by atoms with Crippen molar-refractivity contribution >= 4 is 47.9 Å². The van der Waals surface area contributed by atoms with E-state index in [-0.39, 0.29) is 24.6 Å². The molecule has 0 amide bonds. The van der Waals surface area contributed by atoms with Crippen LogP contribution in [0.1, 0.15) is 27.8 Å². The van der Waals surface area contributed by atoms with Crippen LogP contribution in [0, 0.1) is 20.8 Å². The fourth-order valence-corrected chi connectivity index (χ4v) is 6.92. The lowest BCUT2D eigenvalue weighted by molar-refractivity contribution is -0.145. The Labute approximate surface area is 218 Å². The van der Waals surface area contributed by atoms with Gasteiger partial charge in [-0.25, -0.2) is 8.42 Å². The van der Waals surface area contributed by atoms with Crippen molar-refractivity contribution < 1.29 is 17.9 Å². The van der Waals surface area contributed by atoms with Crippen LogP contribution in [0.3, 0.4) is 0 Å². The van der Waals surface area contributed by atoms with Crippen LogP contribution >= 0.6 is 31.9 Å². The first-order valence-corrected chi connectivity index (χ1v) is 13.8. The van der Waals surface area contributed by atoms with E-state index < -0.39 is 16.0 Å². The molecule has 0 radical (unpaired) electrons. The average Bonchev–Trinajstić information content (AvgIpc) is 2.76. The van der Waals surface area contributed by atoms with Gasteiger partial charge in [-0.2, -0.15) is 4.31 Å². The first-order valence-electron chi connectivity index (χ1n) is 10.8. The zero-order valence-corrected chi connectivity index (χ0v) is 23.3. The lowest BCUT2D eigenvalue weighted by Crippen LogP contribution is -2.38. The van der Waals surface area contributed by atoms with Crippen molar-refractivity contribution in [3.05, 3.63) is 97.4 Å². The standard InChI is InChI=1S/C26H27Br2NO4S/c1-18-14-19(2)26(20(3)15-18)34(31,32)29(13-12-21-8-5-4-6-9-21)16-25(30)33-17-22-23(27)10-7-11-24(22)28/h4-11,14-15H,12-13,16-17H2,1-3H3. The van der Waals surface area contributed by atoms with E-state index in [4.69, 9.17) is 4.74 Å². The van der Waals surface area contributed by atoms with E-state index in [2.05, 4.69) is 31.9 Å². The summed E-state index contributed by atoms with van der Waals surface area (Å²) in [6.07, 6.45) is 0.479. The minimum atomic E-state index is -3.93. The maximum atomic E-state index is 13.7. The Hall–Kier alpha value is -2.00. The number of nitrogens with zero attached hydrogens (tertiary/aromatic N) is 1. The van der Waals surface area contributed by atoms with Crippen LogP contribution in [0.25, 0.3) is 0 Å². The third-order valence-electron chi connectivity index (χ3n) is 5.44. The number of benzene rings is 3. The van der Waals surface area contributed by atoms with Crippen LogP contribution in [0.4, 0.5) is 0 Å². The van der Waals surface area contributed by atoms with E-state index >= 15 is 0 Å². The fourth-order valence-electron chi connectivity index (χ4n) is 3.90. The van der Waals surface area contributed by atoms with Crippen molar-refractivity contribution in [2.75, 3.05) is 13.1 Å². The summed E-state index contributed by atoms with van der Waals surface area (Å²) in [6, 6.07) is 18.9. The Morgan fingerprint density at radius 3 is 2.09 bits per heavy atom. The SMILES string of the molecule is Cc1cc(C)c(S(=O)(=O)N(CCc2ccccc2)CC(=O)OCc2c(Br)cccc2Br)c(C)c1. The predicted molar refractivity (Wildman–Crippen MR) is 141 cm³/mol. The molecule has 0 heterocycles. The first-order chi connectivity index (χ1) is 16.1. The van der Waals surface area contributed by atoms with Gasteiger partial charge >= 0.3 is 5.97 Å². The highest BCUT2D eigenvalue weighted by molar-refractivity contribution is 9.11. The lowest BCUT2D eigenvalue weighted by Gasteiger charge is -2.24. The summed E-state index contributed by atoms with van der Waals surface area (Å²) < 4.78 is 35.8. The fraction of sp³-hybridized carbons (Fsp3) is 0.269. The third-order valence-corrected chi connectivity index (χ3v) is 9.08. The third kappa shape index (κ3) is 6.56. The van der Waals surface area contributed by atoms with Gasteiger partial charge < -0.3 is 4.74 Å². The highest BCUT2D eigenvalue weighted by Gasteiger charge is 2.30. The van der Waals surface area contributed by atoms with E-state index in [1.54, 1.807) is 13.8 Å². The molecule has 0 atom stereocenters. The quantitative estimate of drug-likeness (QED) is 0.275. The predicted octanol–water partition coefficient (Wildman–Crippen LogP) is 6.11. The number of sulfonamides is 1. The first kappa shape index (κ1) is 26.6. The summed E-state index contributed by atoms with van der Waals surface area (Å²) >= 11 is 6.91. The number of hydrogen-bond donors (Lipinski definition) is 0. The Balaban J connectivity index is 1.85. The number of esters is 1. The van der Waals surface area contributed by atoms with Crippen molar-refractivity contribution in [2.45, 2.75) is 38.7 Å². The average molecular weight is 609 g/mol. The number of carbonyl (C=O) groups excluding carboxylic acids is 1. The van der Waals surface area contributed by atoms with Gasteiger partial charge in [0.1, 0.15) is 13.2 Å². The molecular formula is C26H27Br2NO4S. The van der Waals surface area contributed by atoms with Crippen LogP contribution in [0.5, 0.6) is 0 Å². The van der Waals surface area contributed by atoms with Gasteiger partial charge in [0.15, 0.2) is 0 Å². The largest absolute Gasteiger partial charge is 0.460 e. The summed E-state index contributed by atoms with van der Waals surface area (Å²) in [7, 11) is -3.93. The van der Waals surface area contributed by atoms with Crippen molar-refractivity contribution in [3.8, 4) is 0 Å². The molecule has 0 saturated heterocycles. The van der Waals surface area contributed by atoms with E-state index in [1.165, 1.54) is 4.31 Å². The summed E-state index contributed by atoms with van der Waals surface area (Å²) in [4.78, 5) is 13.0. The molecule has 3 aromatic rings. The van der Waals surface area contributed by atoms with Gasteiger partial charge in [0.25, 0.3) is 0 Å². The number of carbonyl (C=O) groups is 1. The number of hydrogen-bond acceptors (Lipinski definition) is 4. The highest BCUT2D eigenvalue weighted by Crippen LogP contribution is 2.27. The molecule has 0 aliphatic rings. The zero-order chi connectivity index (χ0) is 24.9. The van der Waals surface area contributed by atoms with Gasteiger partial charge in [-0.1, -0.05) is 86.0 Å². The topological polar surface area (TPSA) is 63.7 Å². The second-order valence-electron chi connectivity index (χ2n) is 8.16. The van der Waals surface area contributed by atoms with Gasteiger partial charge in [0, 0.05) is 21.1 Å². The minimum absolute atomic E-state index is 0.0238. The van der Waals surface area contributed by atoms with Crippen molar-refractivity contribution in [2.24, 2.45) is 0 Å². The van der Waals surface area contributed by atoms with Crippen LogP contribution in [0.2, 0.25) is 0 Å². The molecule has 0 spiro atoms. The zero-order valence-electron chi connectivity index (χ0n) is 19.3. The molecular weight excluding hydrogens is 582 g/mol. The van der Waals surface area contributed by atoms with E-state index in [9.17, 15) is 13.2 Å². The van der Waals surface area contributed by atoms with Gasteiger partial charge in [-0.3, -0.25) is 4.79 Å². The van der Waals surface area contributed by atoms with E-state index in [0.717, 1.165) is 25.6 Å². The monoisotopic (exact) mass is 607 g/mol. The molecule has 3 aromatic carbocycles. The second-order valence-corrected chi connectivity index (χ2v) is 11.7. The van der Waals surface area contributed by atoms with Gasteiger partial charge in [0.05, 0.1) is 4.90 Å². The number of rotatable bonds is 9. The normalized spacial score (nSPS) is 11.6.